The van der Waals surface area contributed by atoms with Crippen LogP contribution in [0, 0.1) is 23.7 Å². The molecule has 4 rings (SSSR count). The molecule has 8 heteroatoms. The Labute approximate surface area is 165 Å². The second-order valence-corrected chi connectivity index (χ2v) is 9.40. The summed E-state index contributed by atoms with van der Waals surface area (Å²) in [6, 6.07) is 4.38. The van der Waals surface area contributed by atoms with Crippen molar-refractivity contribution in [1.82, 2.24) is 4.90 Å². The molecule has 0 N–H and O–H groups in total. The summed E-state index contributed by atoms with van der Waals surface area (Å²) < 4.78 is 0. The Bertz CT molecular complexity index is 755. The standard InChI is InChI=1S/C16H11Br2Cl2NO3/c17-12-7-4-8(13(12)18)11-10(7)15(23)21(16(11)24)14(22)6-2-1-5(19)3-9(6)20/h1-3,7-8,10-13H,4H2. The van der Waals surface area contributed by atoms with Gasteiger partial charge in [-0.05, 0) is 36.5 Å². The van der Waals surface area contributed by atoms with Gasteiger partial charge in [0.1, 0.15) is 0 Å². The maximum absolute atomic E-state index is 12.8. The summed E-state index contributed by atoms with van der Waals surface area (Å²) >= 11 is 19.1. The van der Waals surface area contributed by atoms with Crippen molar-refractivity contribution >= 4 is 72.8 Å². The number of nitrogens with zero attached hydrogens (tertiary/aromatic N) is 1. The number of hydrogen-bond acceptors (Lipinski definition) is 3. The zero-order valence-corrected chi connectivity index (χ0v) is 16.8. The quantitative estimate of drug-likeness (QED) is 0.438. The lowest BCUT2D eigenvalue weighted by atomic mass is 9.81. The van der Waals surface area contributed by atoms with E-state index in [2.05, 4.69) is 31.9 Å². The van der Waals surface area contributed by atoms with Crippen molar-refractivity contribution < 1.29 is 14.4 Å². The predicted molar refractivity (Wildman–Crippen MR) is 96.7 cm³/mol. The molecule has 6 unspecified atom stereocenters. The van der Waals surface area contributed by atoms with Gasteiger partial charge in [0.15, 0.2) is 0 Å². The third kappa shape index (κ3) is 2.19. The van der Waals surface area contributed by atoms with Gasteiger partial charge in [-0.25, -0.2) is 4.90 Å². The molecular weight excluding hydrogens is 485 g/mol. The van der Waals surface area contributed by atoms with Gasteiger partial charge in [0.25, 0.3) is 5.91 Å². The fourth-order valence-electron chi connectivity index (χ4n) is 4.33. The van der Waals surface area contributed by atoms with Crippen molar-refractivity contribution in [1.29, 1.82) is 0 Å². The first-order valence-corrected chi connectivity index (χ1v) is 10.1. The van der Waals surface area contributed by atoms with Crippen LogP contribution in [0.3, 0.4) is 0 Å². The molecule has 6 atom stereocenters. The van der Waals surface area contributed by atoms with Gasteiger partial charge < -0.3 is 0 Å². The molecule has 3 fully saturated rings. The second-order valence-electron chi connectivity index (χ2n) is 6.45. The van der Waals surface area contributed by atoms with Crippen molar-refractivity contribution in [3.05, 3.63) is 33.8 Å². The van der Waals surface area contributed by atoms with Crippen LogP contribution in [0.25, 0.3) is 0 Å². The number of alkyl halides is 2. The number of fused-ring (bicyclic) bond motifs is 5. The summed E-state index contributed by atoms with van der Waals surface area (Å²) in [6.07, 6.45) is 0.822. The molecule has 0 spiro atoms. The van der Waals surface area contributed by atoms with Crippen molar-refractivity contribution in [3.63, 3.8) is 0 Å². The molecule has 1 saturated heterocycles. The van der Waals surface area contributed by atoms with Crippen LogP contribution in [0.15, 0.2) is 18.2 Å². The largest absolute Gasteiger partial charge is 0.274 e. The van der Waals surface area contributed by atoms with E-state index in [4.69, 9.17) is 23.2 Å². The number of amides is 3. The molecular formula is C16H11Br2Cl2NO3. The lowest BCUT2D eigenvalue weighted by Crippen LogP contribution is -2.38. The van der Waals surface area contributed by atoms with E-state index in [1.807, 2.05) is 0 Å². The summed E-state index contributed by atoms with van der Waals surface area (Å²) in [4.78, 5) is 39.4. The number of rotatable bonds is 1. The van der Waals surface area contributed by atoms with Gasteiger partial charge in [0, 0.05) is 14.7 Å². The maximum atomic E-state index is 12.8. The first-order chi connectivity index (χ1) is 11.3. The molecule has 1 aromatic carbocycles. The number of imide groups is 3. The lowest BCUT2D eigenvalue weighted by Gasteiger charge is -2.28. The SMILES string of the molecule is O=C(c1ccc(Cl)cc1Cl)N1C(=O)C2C3CC(C(Br)C3Br)C2C1=O. The molecule has 1 aromatic rings. The number of likely N-dealkylation sites (tertiary alicyclic amines) is 1. The Kier molecular flexibility index (Phi) is 4.11. The molecule has 2 saturated carbocycles. The van der Waals surface area contributed by atoms with E-state index in [-0.39, 0.29) is 32.1 Å². The van der Waals surface area contributed by atoms with Crippen LogP contribution in [0.5, 0.6) is 0 Å². The molecule has 2 aliphatic carbocycles. The molecule has 0 aromatic heterocycles. The zero-order chi connectivity index (χ0) is 17.3. The monoisotopic (exact) mass is 493 g/mol. The number of benzene rings is 1. The third-order valence-corrected chi connectivity index (χ3v) is 9.11. The second kappa shape index (κ2) is 5.79. The van der Waals surface area contributed by atoms with E-state index >= 15 is 0 Å². The Balaban J connectivity index is 1.70. The van der Waals surface area contributed by atoms with E-state index in [9.17, 15) is 14.4 Å². The lowest BCUT2D eigenvalue weighted by molar-refractivity contribution is -0.137. The molecule has 4 nitrogen and oxygen atoms in total. The first kappa shape index (κ1) is 17.0. The van der Waals surface area contributed by atoms with Crippen LogP contribution in [-0.4, -0.2) is 32.3 Å². The minimum absolute atomic E-state index is 0.0688. The molecule has 3 aliphatic rings. The highest BCUT2D eigenvalue weighted by atomic mass is 79.9. The minimum Gasteiger partial charge on any atom is -0.274 e. The number of carbonyl (C=O) groups excluding carboxylic acids is 3. The van der Waals surface area contributed by atoms with E-state index < -0.39 is 29.6 Å². The Morgan fingerprint density at radius 2 is 1.58 bits per heavy atom. The minimum atomic E-state index is -0.669. The maximum Gasteiger partial charge on any atom is 0.268 e. The summed E-state index contributed by atoms with van der Waals surface area (Å²) in [5.41, 5.74) is 0.112. The van der Waals surface area contributed by atoms with Crippen molar-refractivity contribution in [2.75, 3.05) is 0 Å². The topological polar surface area (TPSA) is 54.5 Å². The van der Waals surface area contributed by atoms with Crippen LogP contribution in [0.1, 0.15) is 16.8 Å². The van der Waals surface area contributed by atoms with Crippen LogP contribution in [0.4, 0.5) is 0 Å². The smallest absolute Gasteiger partial charge is 0.268 e. The number of carbonyl (C=O) groups is 3. The van der Waals surface area contributed by atoms with Crippen molar-refractivity contribution in [3.8, 4) is 0 Å². The van der Waals surface area contributed by atoms with Gasteiger partial charge in [0.05, 0.1) is 22.4 Å². The van der Waals surface area contributed by atoms with E-state index in [0.29, 0.717) is 5.02 Å². The van der Waals surface area contributed by atoms with E-state index in [1.54, 1.807) is 0 Å². The highest BCUT2D eigenvalue weighted by Crippen LogP contribution is 2.60. The molecule has 1 aliphatic heterocycles. The highest BCUT2D eigenvalue weighted by Gasteiger charge is 2.67. The number of halogens is 4. The average Bonchev–Trinajstić information content (AvgIpc) is 3.12. The molecule has 24 heavy (non-hydrogen) atoms. The summed E-state index contributed by atoms with van der Waals surface area (Å²) in [5, 5.41) is 0.514. The van der Waals surface area contributed by atoms with Gasteiger partial charge in [-0.2, -0.15) is 0 Å². The van der Waals surface area contributed by atoms with E-state index in [0.717, 1.165) is 11.3 Å². The van der Waals surface area contributed by atoms with Crippen molar-refractivity contribution in [2.24, 2.45) is 23.7 Å². The predicted octanol–water partition coefficient (Wildman–Crippen LogP) is 3.91. The van der Waals surface area contributed by atoms with Crippen LogP contribution in [-0.2, 0) is 9.59 Å². The fraction of sp³-hybridized carbons (Fsp3) is 0.438. The summed E-state index contributed by atoms with van der Waals surface area (Å²) in [5.74, 6) is -2.18. The Morgan fingerprint density at radius 1 is 1.04 bits per heavy atom. The normalized spacial score (nSPS) is 37.2. The zero-order valence-electron chi connectivity index (χ0n) is 12.1. The number of hydrogen-bond donors (Lipinski definition) is 0. The molecule has 0 radical (unpaired) electrons. The molecule has 126 valence electrons. The fourth-order valence-corrected chi connectivity index (χ4v) is 6.70. The van der Waals surface area contributed by atoms with Crippen LogP contribution in [0.2, 0.25) is 10.0 Å². The van der Waals surface area contributed by atoms with Gasteiger partial charge in [-0.3, -0.25) is 14.4 Å². The summed E-state index contributed by atoms with van der Waals surface area (Å²) in [6.45, 7) is 0. The molecule has 1 heterocycles. The van der Waals surface area contributed by atoms with Crippen molar-refractivity contribution in [2.45, 2.75) is 16.1 Å². The van der Waals surface area contributed by atoms with Crippen LogP contribution >= 0.6 is 55.1 Å². The van der Waals surface area contributed by atoms with Crippen LogP contribution < -0.4 is 0 Å². The van der Waals surface area contributed by atoms with E-state index in [1.165, 1.54) is 18.2 Å². The molecule has 2 bridgehead atoms. The van der Waals surface area contributed by atoms with Gasteiger partial charge >= 0.3 is 0 Å². The van der Waals surface area contributed by atoms with Gasteiger partial charge in [-0.15, -0.1) is 0 Å². The average molecular weight is 496 g/mol. The first-order valence-electron chi connectivity index (χ1n) is 7.48. The third-order valence-electron chi connectivity index (χ3n) is 5.35. The molecule has 3 amide bonds. The Hall–Kier alpha value is -0.430. The Morgan fingerprint density at radius 3 is 2.08 bits per heavy atom. The highest BCUT2D eigenvalue weighted by molar-refractivity contribution is 9.12. The van der Waals surface area contributed by atoms with Gasteiger partial charge in [0.2, 0.25) is 11.8 Å². The summed E-state index contributed by atoms with van der Waals surface area (Å²) in [7, 11) is 0. The van der Waals surface area contributed by atoms with Gasteiger partial charge in [-0.1, -0.05) is 55.1 Å².